The molecule has 0 aliphatic heterocycles. The fourth-order valence-corrected chi connectivity index (χ4v) is 3.43. The quantitative estimate of drug-likeness (QED) is 0.682. The predicted octanol–water partition coefficient (Wildman–Crippen LogP) is 3.52. The molecule has 1 aromatic carbocycles. The number of para-hydroxylation sites is 1. The van der Waals surface area contributed by atoms with Crippen LogP contribution in [0.15, 0.2) is 54.9 Å². The molecule has 0 bridgehead atoms. The zero-order valence-corrected chi connectivity index (χ0v) is 13.8. The number of hydrogen-bond acceptors (Lipinski definition) is 4. The van der Waals surface area contributed by atoms with Crippen LogP contribution >= 0.6 is 0 Å². The standard InChI is InChI=1S/C20H20N4O/c21-12-13-10-16-18(17(25)11-13)20(23-15-4-2-1-3-5-15)19(24-16)14-6-8-22-9-7-14/h1-9,13,23-24H,10-12,21H2. The molecule has 0 spiro atoms. The van der Waals surface area contributed by atoms with E-state index in [0.29, 0.717) is 13.0 Å². The van der Waals surface area contributed by atoms with E-state index in [-0.39, 0.29) is 11.7 Å². The number of hydrogen-bond donors (Lipinski definition) is 3. The molecule has 0 fully saturated rings. The molecule has 4 rings (SSSR count). The Morgan fingerprint density at radius 3 is 2.60 bits per heavy atom. The van der Waals surface area contributed by atoms with E-state index in [9.17, 15) is 4.79 Å². The summed E-state index contributed by atoms with van der Waals surface area (Å²) in [5, 5.41) is 3.44. The minimum atomic E-state index is 0.145. The highest BCUT2D eigenvalue weighted by molar-refractivity contribution is 6.07. The van der Waals surface area contributed by atoms with Crippen molar-refractivity contribution in [2.24, 2.45) is 11.7 Å². The lowest BCUT2D eigenvalue weighted by Crippen LogP contribution is -2.26. The normalized spacial score (nSPS) is 16.5. The van der Waals surface area contributed by atoms with Crippen molar-refractivity contribution in [3.8, 4) is 11.3 Å². The van der Waals surface area contributed by atoms with Crippen LogP contribution in [0.2, 0.25) is 0 Å². The van der Waals surface area contributed by atoms with Gasteiger partial charge >= 0.3 is 0 Å². The minimum Gasteiger partial charge on any atom is -0.356 e. The Kier molecular flexibility index (Phi) is 4.07. The first-order valence-electron chi connectivity index (χ1n) is 8.47. The second-order valence-corrected chi connectivity index (χ2v) is 6.39. The summed E-state index contributed by atoms with van der Waals surface area (Å²) in [7, 11) is 0. The predicted molar refractivity (Wildman–Crippen MR) is 98.9 cm³/mol. The maximum Gasteiger partial charge on any atom is 0.167 e. The minimum absolute atomic E-state index is 0.145. The number of nitrogens with zero attached hydrogens (tertiary/aromatic N) is 1. The molecular formula is C20H20N4O. The molecule has 1 atom stereocenters. The van der Waals surface area contributed by atoms with Gasteiger partial charge in [0, 0.05) is 35.8 Å². The summed E-state index contributed by atoms with van der Waals surface area (Å²) >= 11 is 0. The molecule has 1 aliphatic carbocycles. The van der Waals surface area contributed by atoms with Crippen molar-refractivity contribution >= 4 is 17.2 Å². The van der Waals surface area contributed by atoms with Crippen molar-refractivity contribution in [3.05, 3.63) is 66.1 Å². The summed E-state index contributed by atoms with van der Waals surface area (Å²) < 4.78 is 0. The van der Waals surface area contributed by atoms with Crippen LogP contribution in [-0.4, -0.2) is 22.3 Å². The Hall–Kier alpha value is -2.92. The van der Waals surface area contributed by atoms with Crippen LogP contribution in [0.1, 0.15) is 22.5 Å². The van der Waals surface area contributed by atoms with Gasteiger partial charge in [0.2, 0.25) is 0 Å². The van der Waals surface area contributed by atoms with Crippen molar-refractivity contribution < 1.29 is 4.79 Å². The number of pyridine rings is 1. The Morgan fingerprint density at radius 2 is 1.88 bits per heavy atom. The highest BCUT2D eigenvalue weighted by Crippen LogP contribution is 2.39. The molecule has 0 saturated carbocycles. The van der Waals surface area contributed by atoms with Crippen molar-refractivity contribution in [2.75, 3.05) is 11.9 Å². The zero-order chi connectivity index (χ0) is 17.2. The first-order valence-corrected chi connectivity index (χ1v) is 8.47. The van der Waals surface area contributed by atoms with Gasteiger partial charge in [0.05, 0.1) is 16.9 Å². The highest BCUT2D eigenvalue weighted by atomic mass is 16.1. The summed E-state index contributed by atoms with van der Waals surface area (Å²) in [5.41, 5.74) is 11.3. The van der Waals surface area contributed by atoms with E-state index in [1.807, 2.05) is 42.5 Å². The molecule has 0 radical (unpaired) electrons. The Balaban J connectivity index is 1.85. The van der Waals surface area contributed by atoms with Gasteiger partial charge < -0.3 is 16.0 Å². The van der Waals surface area contributed by atoms with Gasteiger partial charge in [-0.15, -0.1) is 0 Å². The number of aromatic nitrogens is 2. The molecule has 5 nitrogen and oxygen atoms in total. The Labute approximate surface area is 146 Å². The maximum atomic E-state index is 12.8. The smallest absolute Gasteiger partial charge is 0.167 e. The number of aromatic amines is 1. The number of ketones is 1. The van der Waals surface area contributed by atoms with Gasteiger partial charge in [0.15, 0.2) is 5.78 Å². The molecule has 4 N–H and O–H groups in total. The van der Waals surface area contributed by atoms with E-state index < -0.39 is 0 Å². The number of benzene rings is 1. The third-order valence-electron chi connectivity index (χ3n) is 4.67. The van der Waals surface area contributed by atoms with Crippen LogP contribution in [0.3, 0.4) is 0 Å². The number of H-pyrrole nitrogens is 1. The fourth-order valence-electron chi connectivity index (χ4n) is 3.43. The van der Waals surface area contributed by atoms with Crippen LogP contribution in [0.4, 0.5) is 11.4 Å². The lowest BCUT2D eigenvalue weighted by atomic mass is 9.86. The number of rotatable bonds is 4. The topological polar surface area (TPSA) is 83.8 Å². The number of anilines is 2. The first kappa shape index (κ1) is 15.6. The van der Waals surface area contributed by atoms with Crippen LogP contribution in [0.5, 0.6) is 0 Å². The molecule has 2 heterocycles. The fraction of sp³-hybridized carbons (Fsp3) is 0.200. The lowest BCUT2D eigenvalue weighted by molar-refractivity contribution is 0.0951. The van der Waals surface area contributed by atoms with E-state index in [2.05, 4.69) is 15.3 Å². The summed E-state index contributed by atoms with van der Waals surface area (Å²) in [4.78, 5) is 20.3. The molecule has 1 aliphatic rings. The van der Waals surface area contributed by atoms with Gasteiger partial charge in [-0.05, 0) is 43.1 Å². The third-order valence-corrected chi connectivity index (χ3v) is 4.67. The van der Waals surface area contributed by atoms with E-state index in [1.54, 1.807) is 12.4 Å². The molecule has 0 saturated heterocycles. The van der Waals surface area contributed by atoms with Gasteiger partial charge in [-0.2, -0.15) is 0 Å². The van der Waals surface area contributed by atoms with E-state index in [4.69, 9.17) is 5.73 Å². The van der Waals surface area contributed by atoms with Crippen molar-refractivity contribution in [3.63, 3.8) is 0 Å². The van der Waals surface area contributed by atoms with Crippen LogP contribution in [0.25, 0.3) is 11.3 Å². The molecule has 3 aromatic rings. The number of nitrogens with one attached hydrogen (secondary N) is 2. The van der Waals surface area contributed by atoms with Crippen molar-refractivity contribution in [1.82, 2.24) is 9.97 Å². The average Bonchev–Trinajstić information content (AvgIpc) is 3.02. The molecule has 1 unspecified atom stereocenters. The summed E-state index contributed by atoms with van der Waals surface area (Å²) in [6.07, 6.45) is 4.81. The lowest BCUT2D eigenvalue weighted by Gasteiger charge is -2.20. The van der Waals surface area contributed by atoms with Crippen LogP contribution in [0, 0.1) is 5.92 Å². The van der Waals surface area contributed by atoms with Crippen molar-refractivity contribution in [1.29, 1.82) is 0 Å². The Bertz CT molecular complexity index is 887. The molecule has 0 amide bonds. The van der Waals surface area contributed by atoms with Gasteiger partial charge in [0.25, 0.3) is 0 Å². The Morgan fingerprint density at radius 1 is 1.12 bits per heavy atom. The number of carbonyl (C=O) groups excluding carboxylic acids is 1. The van der Waals surface area contributed by atoms with E-state index >= 15 is 0 Å². The second kappa shape index (κ2) is 6.53. The summed E-state index contributed by atoms with van der Waals surface area (Å²) in [5.74, 6) is 0.347. The number of nitrogens with two attached hydrogens (primary N) is 1. The summed E-state index contributed by atoms with van der Waals surface area (Å²) in [6.45, 7) is 0.524. The van der Waals surface area contributed by atoms with E-state index in [1.165, 1.54) is 0 Å². The maximum absolute atomic E-state index is 12.8. The van der Waals surface area contributed by atoms with Gasteiger partial charge in [0.1, 0.15) is 0 Å². The number of Topliss-reactive ketones (excluding diaryl/α,β-unsaturated/α-hetero) is 1. The van der Waals surface area contributed by atoms with Crippen LogP contribution in [-0.2, 0) is 6.42 Å². The molecule has 5 heteroatoms. The number of carbonyl (C=O) groups is 1. The molecular weight excluding hydrogens is 312 g/mol. The van der Waals surface area contributed by atoms with Crippen molar-refractivity contribution in [2.45, 2.75) is 12.8 Å². The SMILES string of the molecule is NCC1CC(=O)c2c([nH]c(-c3ccncc3)c2Nc2ccccc2)C1. The van der Waals surface area contributed by atoms with Gasteiger partial charge in [-0.25, -0.2) is 0 Å². The average molecular weight is 332 g/mol. The zero-order valence-electron chi connectivity index (χ0n) is 13.8. The van der Waals surface area contributed by atoms with E-state index in [0.717, 1.165) is 40.3 Å². The van der Waals surface area contributed by atoms with Gasteiger partial charge in [-0.3, -0.25) is 9.78 Å². The molecule has 126 valence electrons. The van der Waals surface area contributed by atoms with Crippen LogP contribution < -0.4 is 11.1 Å². The largest absolute Gasteiger partial charge is 0.356 e. The third kappa shape index (κ3) is 2.94. The first-order chi connectivity index (χ1) is 12.3. The monoisotopic (exact) mass is 332 g/mol. The second-order valence-electron chi connectivity index (χ2n) is 6.39. The molecule has 25 heavy (non-hydrogen) atoms. The summed E-state index contributed by atoms with van der Waals surface area (Å²) in [6, 6.07) is 13.8. The highest BCUT2D eigenvalue weighted by Gasteiger charge is 2.31. The van der Waals surface area contributed by atoms with Gasteiger partial charge in [-0.1, -0.05) is 18.2 Å². The molecule has 2 aromatic heterocycles. The number of fused-ring (bicyclic) bond motifs is 1.